The number of aryl methyl sites for hydroxylation is 1. The van der Waals surface area contributed by atoms with Crippen molar-refractivity contribution in [3.05, 3.63) is 70.9 Å². The lowest BCUT2D eigenvalue weighted by atomic mass is 10.2. The van der Waals surface area contributed by atoms with Crippen molar-refractivity contribution in [2.45, 2.75) is 6.92 Å². The molecule has 0 atom stereocenters. The van der Waals surface area contributed by atoms with Gasteiger partial charge in [-0.15, -0.1) is 0 Å². The Kier molecular flexibility index (Phi) is 4.12. The first-order valence-electron chi connectivity index (χ1n) is 6.92. The number of hydrogen-bond donors (Lipinski definition) is 1. The number of anilines is 1. The van der Waals surface area contributed by atoms with Gasteiger partial charge in [0.2, 0.25) is 5.91 Å². The predicted molar refractivity (Wildman–Crippen MR) is 89.0 cm³/mol. The van der Waals surface area contributed by atoms with Crippen molar-refractivity contribution >= 4 is 34.9 Å². The fraction of sp³-hybridized carbons (Fsp3) is 0.0588. The van der Waals surface area contributed by atoms with Crippen LogP contribution in [0.3, 0.4) is 0 Å². The van der Waals surface area contributed by atoms with Gasteiger partial charge in [0, 0.05) is 12.3 Å². The van der Waals surface area contributed by atoms with Crippen molar-refractivity contribution in [1.29, 1.82) is 0 Å². The van der Waals surface area contributed by atoms with E-state index in [4.69, 9.17) is 11.6 Å². The molecular weight excluding hydrogens is 317 g/mol. The third-order valence-electron chi connectivity index (χ3n) is 3.30. The molecule has 0 bridgehead atoms. The summed E-state index contributed by atoms with van der Waals surface area (Å²) < 4.78 is 15.5. The maximum absolute atomic E-state index is 13.7. The second-order valence-electron chi connectivity index (χ2n) is 5.02. The lowest BCUT2D eigenvalue weighted by Crippen LogP contribution is -2.09. The maximum Gasteiger partial charge on any atom is 0.248 e. The van der Waals surface area contributed by atoms with E-state index < -0.39 is 11.7 Å². The largest absolute Gasteiger partial charge is 0.320 e. The number of halogens is 2. The van der Waals surface area contributed by atoms with Crippen LogP contribution in [0.1, 0.15) is 11.3 Å². The van der Waals surface area contributed by atoms with Gasteiger partial charge in [-0.3, -0.25) is 9.20 Å². The second kappa shape index (κ2) is 6.22. The zero-order chi connectivity index (χ0) is 16.4. The molecule has 3 rings (SSSR count). The summed E-state index contributed by atoms with van der Waals surface area (Å²) in [7, 11) is 0. The van der Waals surface area contributed by atoms with Crippen LogP contribution in [0.2, 0.25) is 5.15 Å². The average Bonchev–Trinajstić information content (AvgIpc) is 2.83. The predicted octanol–water partition coefficient (Wildman–Crippen LogP) is 4.09. The van der Waals surface area contributed by atoms with E-state index in [9.17, 15) is 9.18 Å². The maximum atomic E-state index is 13.7. The van der Waals surface area contributed by atoms with Crippen molar-refractivity contribution in [3.8, 4) is 0 Å². The summed E-state index contributed by atoms with van der Waals surface area (Å²) in [6, 6.07) is 10.1. The van der Waals surface area contributed by atoms with Crippen molar-refractivity contribution in [2.75, 3.05) is 5.32 Å². The fourth-order valence-electron chi connectivity index (χ4n) is 2.19. The molecule has 2 aromatic heterocycles. The van der Waals surface area contributed by atoms with Gasteiger partial charge >= 0.3 is 0 Å². The Bertz CT molecular complexity index is 917. The first-order chi connectivity index (χ1) is 11.0. The standard InChI is InChI=1S/C17H13ClFN3O/c1-11-5-6-13(12(19)10-11)20-16(23)8-7-14-17(18)21-15-4-2-3-9-22(14)15/h2-10H,1H3,(H,20,23). The molecule has 0 aliphatic heterocycles. The highest BCUT2D eigenvalue weighted by molar-refractivity contribution is 6.31. The molecule has 0 spiro atoms. The van der Waals surface area contributed by atoms with Crippen LogP contribution in [0, 0.1) is 12.7 Å². The van der Waals surface area contributed by atoms with E-state index in [1.807, 2.05) is 18.2 Å². The van der Waals surface area contributed by atoms with Gasteiger partial charge < -0.3 is 5.32 Å². The van der Waals surface area contributed by atoms with E-state index in [-0.39, 0.29) is 5.69 Å². The molecule has 4 nitrogen and oxygen atoms in total. The quantitative estimate of drug-likeness (QED) is 0.736. The Balaban J connectivity index is 1.81. The molecule has 0 aliphatic rings. The molecule has 0 saturated heterocycles. The van der Waals surface area contributed by atoms with Gasteiger partial charge in [-0.05, 0) is 42.8 Å². The first-order valence-corrected chi connectivity index (χ1v) is 7.30. The van der Waals surface area contributed by atoms with Gasteiger partial charge in [-0.2, -0.15) is 0 Å². The number of fused-ring (bicyclic) bond motifs is 1. The average molecular weight is 330 g/mol. The summed E-state index contributed by atoms with van der Waals surface area (Å²) in [5.41, 5.74) is 2.19. The minimum atomic E-state index is -0.473. The van der Waals surface area contributed by atoms with Gasteiger partial charge in [0.15, 0.2) is 5.15 Å². The number of benzene rings is 1. The van der Waals surface area contributed by atoms with Gasteiger partial charge in [0.05, 0.1) is 11.4 Å². The number of aromatic nitrogens is 2. The van der Waals surface area contributed by atoms with Gasteiger partial charge in [0.25, 0.3) is 0 Å². The smallest absolute Gasteiger partial charge is 0.248 e. The molecule has 0 saturated carbocycles. The van der Waals surface area contributed by atoms with Crippen LogP contribution >= 0.6 is 11.6 Å². The Morgan fingerprint density at radius 3 is 2.96 bits per heavy atom. The van der Waals surface area contributed by atoms with E-state index in [2.05, 4.69) is 10.3 Å². The Labute approximate surface area is 137 Å². The highest BCUT2D eigenvalue weighted by Gasteiger charge is 2.08. The summed E-state index contributed by atoms with van der Waals surface area (Å²) in [5.74, 6) is -0.922. The Morgan fingerprint density at radius 2 is 2.17 bits per heavy atom. The topological polar surface area (TPSA) is 46.4 Å². The van der Waals surface area contributed by atoms with E-state index in [1.54, 1.807) is 29.7 Å². The number of rotatable bonds is 3. The molecule has 0 aliphatic carbocycles. The number of hydrogen-bond acceptors (Lipinski definition) is 2. The summed E-state index contributed by atoms with van der Waals surface area (Å²) in [6.07, 6.45) is 4.64. The number of amides is 1. The van der Waals surface area contributed by atoms with Crippen LogP contribution in [0.5, 0.6) is 0 Å². The van der Waals surface area contributed by atoms with Crippen molar-refractivity contribution in [2.24, 2.45) is 0 Å². The van der Waals surface area contributed by atoms with Crippen LogP contribution in [0.15, 0.2) is 48.7 Å². The molecular formula is C17H13ClFN3O. The molecule has 0 radical (unpaired) electrons. The van der Waals surface area contributed by atoms with Crippen LogP contribution in [-0.2, 0) is 4.79 Å². The number of nitrogens with one attached hydrogen (secondary N) is 1. The summed E-state index contributed by atoms with van der Waals surface area (Å²) >= 11 is 6.08. The summed E-state index contributed by atoms with van der Waals surface area (Å²) in [5, 5.41) is 2.79. The van der Waals surface area contributed by atoms with E-state index in [0.29, 0.717) is 16.5 Å². The number of carbonyl (C=O) groups excluding carboxylic acids is 1. The SMILES string of the molecule is Cc1ccc(NC(=O)C=Cc2c(Cl)nc3ccccn23)c(F)c1. The summed E-state index contributed by atoms with van der Waals surface area (Å²) in [4.78, 5) is 16.1. The number of imidazole rings is 1. The van der Waals surface area contributed by atoms with Crippen LogP contribution < -0.4 is 5.32 Å². The Hall–Kier alpha value is -2.66. The molecule has 6 heteroatoms. The third-order valence-corrected chi connectivity index (χ3v) is 3.58. The number of nitrogens with zero attached hydrogens (tertiary/aromatic N) is 2. The summed E-state index contributed by atoms with van der Waals surface area (Å²) in [6.45, 7) is 1.78. The molecule has 116 valence electrons. The zero-order valence-corrected chi connectivity index (χ0v) is 13.0. The lowest BCUT2D eigenvalue weighted by Gasteiger charge is -2.04. The van der Waals surface area contributed by atoms with Crippen molar-refractivity contribution < 1.29 is 9.18 Å². The lowest BCUT2D eigenvalue weighted by molar-refractivity contribution is -0.111. The highest BCUT2D eigenvalue weighted by atomic mass is 35.5. The third kappa shape index (κ3) is 3.24. The Morgan fingerprint density at radius 1 is 1.35 bits per heavy atom. The molecule has 2 heterocycles. The molecule has 3 aromatic rings. The molecule has 1 amide bonds. The fourth-order valence-corrected chi connectivity index (χ4v) is 2.43. The van der Waals surface area contributed by atoms with Crippen molar-refractivity contribution in [3.63, 3.8) is 0 Å². The van der Waals surface area contributed by atoms with E-state index >= 15 is 0 Å². The first kappa shape index (κ1) is 15.2. The minimum absolute atomic E-state index is 0.134. The van der Waals surface area contributed by atoms with Gasteiger partial charge in [0.1, 0.15) is 11.5 Å². The van der Waals surface area contributed by atoms with E-state index in [0.717, 1.165) is 5.56 Å². The van der Waals surface area contributed by atoms with Crippen LogP contribution in [0.4, 0.5) is 10.1 Å². The molecule has 1 aromatic carbocycles. The van der Waals surface area contributed by atoms with Crippen LogP contribution in [0.25, 0.3) is 11.7 Å². The normalized spacial score (nSPS) is 11.3. The minimum Gasteiger partial charge on any atom is -0.320 e. The van der Waals surface area contributed by atoms with Gasteiger partial charge in [-0.25, -0.2) is 9.37 Å². The molecule has 0 fully saturated rings. The van der Waals surface area contributed by atoms with Crippen molar-refractivity contribution in [1.82, 2.24) is 9.38 Å². The number of pyridine rings is 1. The highest BCUT2D eigenvalue weighted by Crippen LogP contribution is 2.19. The zero-order valence-electron chi connectivity index (χ0n) is 12.3. The van der Waals surface area contributed by atoms with Gasteiger partial charge in [-0.1, -0.05) is 23.7 Å². The molecule has 23 heavy (non-hydrogen) atoms. The van der Waals surface area contributed by atoms with E-state index in [1.165, 1.54) is 18.2 Å². The second-order valence-corrected chi connectivity index (χ2v) is 5.38. The molecule has 1 N–H and O–H groups in total. The molecule has 0 unspecified atom stereocenters. The number of carbonyl (C=O) groups is 1. The van der Waals surface area contributed by atoms with Crippen LogP contribution in [-0.4, -0.2) is 15.3 Å². The monoisotopic (exact) mass is 329 g/mol.